The Balaban J connectivity index is 2.07. The molecule has 6 heteroatoms. The Bertz CT molecular complexity index is 620. The molecule has 1 saturated heterocycles. The highest BCUT2D eigenvalue weighted by Gasteiger charge is 2.52. The third-order valence-electron chi connectivity index (χ3n) is 4.17. The van der Waals surface area contributed by atoms with Crippen molar-refractivity contribution in [1.29, 1.82) is 0 Å². The Labute approximate surface area is 113 Å². The van der Waals surface area contributed by atoms with Crippen LogP contribution >= 0.6 is 0 Å². The summed E-state index contributed by atoms with van der Waals surface area (Å²) < 4.78 is 14.1. The summed E-state index contributed by atoms with van der Waals surface area (Å²) in [6.45, 7) is 8.16. The molecule has 3 rings (SSSR count). The number of pyridine rings is 1. The molecule has 0 saturated carbocycles. The summed E-state index contributed by atoms with van der Waals surface area (Å²) in [5.74, 6) is 0. The van der Waals surface area contributed by atoms with Crippen LogP contribution < -0.4 is 5.46 Å². The van der Waals surface area contributed by atoms with E-state index < -0.39 is 7.12 Å². The second-order valence-corrected chi connectivity index (χ2v) is 6.04. The molecule has 2 aromatic rings. The Morgan fingerprint density at radius 2 is 1.74 bits per heavy atom. The molecule has 0 amide bonds. The first-order valence-corrected chi connectivity index (χ1v) is 6.42. The summed E-state index contributed by atoms with van der Waals surface area (Å²) in [5.41, 5.74) is 2.04. The maximum Gasteiger partial charge on any atom is 0.498 e. The Morgan fingerprint density at radius 3 is 2.37 bits per heavy atom. The molecule has 0 N–H and O–H groups in total. The number of aryl methyl sites for hydroxylation is 1. The second kappa shape index (κ2) is 3.80. The second-order valence-electron chi connectivity index (χ2n) is 6.04. The highest BCUT2D eigenvalue weighted by atomic mass is 16.7. The van der Waals surface area contributed by atoms with Gasteiger partial charge < -0.3 is 13.9 Å². The van der Waals surface area contributed by atoms with Gasteiger partial charge in [-0.15, -0.1) is 0 Å². The molecule has 3 heterocycles. The summed E-state index contributed by atoms with van der Waals surface area (Å²) in [7, 11) is 1.53. The van der Waals surface area contributed by atoms with E-state index in [1.807, 2.05) is 39.3 Å². The van der Waals surface area contributed by atoms with Gasteiger partial charge in [0.05, 0.1) is 34.8 Å². The highest BCUT2D eigenvalue weighted by molar-refractivity contribution is 6.64. The zero-order chi connectivity index (χ0) is 13.8. The normalized spacial score (nSPS) is 21.2. The lowest BCUT2D eigenvalue weighted by Crippen LogP contribution is -2.41. The van der Waals surface area contributed by atoms with Gasteiger partial charge in [0, 0.05) is 18.7 Å². The lowest BCUT2D eigenvalue weighted by atomic mass is 9.79. The molecule has 0 unspecified atom stereocenters. The molecule has 5 nitrogen and oxygen atoms in total. The fraction of sp³-hybridized carbons (Fsp3) is 0.538. The third-order valence-corrected chi connectivity index (χ3v) is 4.17. The van der Waals surface area contributed by atoms with E-state index in [-0.39, 0.29) is 11.2 Å². The van der Waals surface area contributed by atoms with Crippen LogP contribution in [0.1, 0.15) is 27.7 Å². The topological polar surface area (TPSA) is 49.2 Å². The molecule has 0 bridgehead atoms. The van der Waals surface area contributed by atoms with Gasteiger partial charge in [-0.1, -0.05) is 0 Å². The van der Waals surface area contributed by atoms with Crippen molar-refractivity contribution in [2.45, 2.75) is 38.9 Å². The number of imidazole rings is 1. The molecule has 0 aliphatic carbocycles. The van der Waals surface area contributed by atoms with E-state index in [1.54, 1.807) is 18.7 Å². The lowest BCUT2D eigenvalue weighted by Gasteiger charge is -2.32. The fourth-order valence-corrected chi connectivity index (χ4v) is 2.21. The van der Waals surface area contributed by atoms with Crippen molar-refractivity contribution in [1.82, 2.24) is 14.5 Å². The van der Waals surface area contributed by atoms with E-state index >= 15 is 0 Å². The zero-order valence-electron chi connectivity index (χ0n) is 12.0. The Hall–Kier alpha value is -1.40. The average Bonchev–Trinajstić information content (AvgIpc) is 2.78. The van der Waals surface area contributed by atoms with Crippen LogP contribution in [0.5, 0.6) is 0 Å². The monoisotopic (exact) mass is 259 g/mol. The van der Waals surface area contributed by atoms with Gasteiger partial charge in [-0.05, 0) is 27.7 Å². The van der Waals surface area contributed by atoms with Gasteiger partial charge in [-0.2, -0.15) is 0 Å². The number of hydrogen-bond acceptors (Lipinski definition) is 4. The SMILES string of the molecule is Cn1cnc2c(B3OC(C)(C)C(C)(C)O3)cncc21. The summed E-state index contributed by atoms with van der Waals surface area (Å²) in [4.78, 5) is 8.69. The molecule has 1 aliphatic rings. The summed E-state index contributed by atoms with van der Waals surface area (Å²) in [6, 6.07) is 0. The molecule has 1 fully saturated rings. The zero-order valence-corrected chi connectivity index (χ0v) is 12.0. The van der Waals surface area contributed by atoms with Gasteiger partial charge in [0.1, 0.15) is 0 Å². The smallest absolute Gasteiger partial charge is 0.399 e. The summed E-state index contributed by atoms with van der Waals surface area (Å²) in [6.07, 6.45) is 5.36. The molecule has 0 radical (unpaired) electrons. The van der Waals surface area contributed by atoms with Crippen molar-refractivity contribution in [3.63, 3.8) is 0 Å². The molecule has 100 valence electrons. The van der Waals surface area contributed by atoms with Crippen molar-refractivity contribution in [2.75, 3.05) is 0 Å². The highest BCUT2D eigenvalue weighted by Crippen LogP contribution is 2.36. The lowest BCUT2D eigenvalue weighted by molar-refractivity contribution is 0.00578. The van der Waals surface area contributed by atoms with E-state index in [9.17, 15) is 0 Å². The molecular formula is C13H18BN3O2. The first-order valence-electron chi connectivity index (χ1n) is 6.42. The number of rotatable bonds is 1. The quantitative estimate of drug-likeness (QED) is 0.723. The van der Waals surface area contributed by atoms with Gasteiger partial charge in [0.2, 0.25) is 0 Å². The van der Waals surface area contributed by atoms with Gasteiger partial charge >= 0.3 is 7.12 Å². The van der Waals surface area contributed by atoms with E-state index in [2.05, 4.69) is 9.97 Å². The number of hydrogen-bond donors (Lipinski definition) is 0. The predicted molar refractivity (Wildman–Crippen MR) is 74.2 cm³/mol. The Kier molecular flexibility index (Phi) is 2.53. The van der Waals surface area contributed by atoms with Crippen molar-refractivity contribution >= 4 is 23.6 Å². The Morgan fingerprint density at radius 1 is 1.11 bits per heavy atom. The van der Waals surface area contributed by atoms with Crippen LogP contribution in [-0.4, -0.2) is 32.9 Å². The maximum absolute atomic E-state index is 6.06. The van der Waals surface area contributed by atoms with Crippen LogP contribution in [0.25, 0.3) is 11.0 Å². The van der Waals surface area contributed by atoms with Crippen molar-refractivity contribution in [3.8, 4) is 0 Å². The predicted octanol–water partition coefficient (Wildman–Crippen LogP) is 1.27. The van der Waals surface area contributed by atoms with Crippen molar-refractivity contribution in [2.24, 2.45) is 7.05 Å². The molecular weight excluding hydrogens is 241 g/mol. The largest absolute Gasteiger partial charge is 0.498 e. The average molecular weight is 259 g/mol. The minimum Gasteiger partial charge on any atom is -0.399 e. The van der Waals surface area contributed by atoms with Gasteiger partial charge in [0.15, 0.2) is 0 Å². The maximum atomic E-state index is 6.06. The van der Waals surface area contributed by atoms with E-state index in [0.717, 1.165) is 16.5 Å². The van der Waals surface area contributed by atoms with Crippen LogP contribution in [0.2, 0.25) is 0 Å². The summed E-state index contributed by atoms with van der Waals surface area (Å²) in [5, 5.41) is 0. The van der Waals surface area contributed by atoms with Crippen LogP contribution in [0.4, 0.5) is 0 Å². The van der Waals surface area contributed by atoms with E-state index in [0.29, 0.717) is 0 Å². The van der Waals surface area contributed by atoms with Gasteiger partial charge in [-0.25, -0.2) is 4.98 Å². The molecule has 0 aromatic carbocycles. The van der Waals surface area contributed by atoms with Crippen molar-refractivity contribution < 1.29 is 9.31 Å². The third kappa shape index (κ3) is 1.78. The number of nitrogens with zero attached hydrogens (tertiary/aromatic N) is 3. The number of fused-ring (bicyclic) bond motifs is 1. The minimum atomic E-state index is -0.420. The van der Waals surface area contributed by atoms with E-state index in [4.69, 9.17) is 9.31 Å². The first kappa shape index (κ1) is 12.6. The fourth-order valence-electron chi connectivity index (χ4n) is 2.21. The first-order chi connectivity index (χ1) is 8.82. The van der Waals surface area contributed by atoms with Crippen LogP contribution in [0.15, 0.2) is 18.7 Å². The van der Waals surface area contributed by atoms with Crippen molar-refractivity contribution in [3.05, 3.63) is 18.7 Å². The minimum absolute atomic E-state index is 0.353. The standard InChI is InChI=1S/C13H18BN3O2/c1-12(2)13(3,4)19-14(18-12)9-6-15-7-10-11(9)16-8-17(10)5/h6-8H,1-5H3. The molecule has 0 spiro atoms. The van der Waals surface area contributed by atoms with Crippen LogP contribution in [0.3, 0.4) is 0 Å². The van der Waals surface area contributed by atoms with Gasteiger partial charge in [-0.3, -0.25) is 4.98 Å². The van der Waals surface area contributed by atoms with Crippen LogP contribution in [0, 0.1) is 0 Å². The van der Waals surface area contributed by atoms with E-state index in [1.165, 1.54) is 0 Å². The van der Waals surface area contributed by atoms with Gasteiger partial charge in [0.25, 0.3) is 0 Å². The van der Waals surface area contributed by atoms with Crippen LogP contribution in [-0.2, 0) is 16.4 Å². The molecule has 2 aromatic heterocycles. The summed E-state index contributed by atoms with van der Waals surface area (Å²) >= 11 is 0. The molecule has 1 aliphatic heterocycles. The molecule has 19 heavy (non-hydrogen) atoms. The number of aromatic nitrogens is 3. The molecule has 0 atom stereocenters.